The lowest BCUT2D eigenvalue weighted by molar-refractivity contribution is -0.136. The third-order valence-electron chi connectivity index (χ3n) is 5.15. The van der Waals surface area contributed by atoms with E-state index >= 15 is 0 Å². The summed E-state index contributed by atoms with van der Waals surface area (Å²) in [5, 5.41) is 0. The highest BCUT2D eigenvalue weighted by Gasteiger charge is 2.23. The Balaban J connectivity index is 1.24. The summed E-state index contributed by atoms with van der Waals surface area (Å²) in [5.41, 5.74) is 1.95. The highest BCUT2D eigenvalue weighted by atomic mass is 16.5. The van der Waals surface area contributed by atoms with E-state index < -0.39 is 0 Å². The molecular formula is C20H26N4O3. The van der Waals surface area contributed by atoms with Crippen LogP contribution in [0.25, 0.3) is 11.5 Å². The molecule has 4 rings (SSSR count). The van der Waals surface area contributed by atoms with Crippen molar-refractivity contribution in [3.8, 4) is 11.5 Å². The normalized spacial score (nSPS) is 19.3. The van der Waals surface area contributed by atoms with Gasteiger partial charge in [0.2, 0.25) is 11.8 Å². The molecule has 0 saturated carbocycles. The van der Waals surface area contributed by atoms with Crippen molar-refractivity contribution in [1.82, 2.24) is 19.7 Å². The highest BCUT2D eigenvalue weighted by Crippen LogP contribution is 2.19. The van der Waals surface area contributed by atoms with Gasteiger partial charge in [0, 0.05) is 51.4 Å². The van der Waals surface area contributed by atoms with Crippen LogP contribution in [0.1, 0.15) is 5.69 Å². The van der Waals surface area contributed by atoms with Gasteiger partial charge in [0.05, 0.1) is 25.5 Å². The van der Waals surface area contributed by atoms with Crippen LogP contribution in [0.2, 0.25) is 0 Å². The van der Waals surface area contributed by atoms with Crippen molar-refractivity contribution in [1.29, 1.82) is 0 Å². The number of nitrogens with zero attached hydrogens (tertiary/aromatic N) is 4. The first-order valence-electron chi connectivity index (χ1n) is 9.58. The topological polar surface area (TPSA) is 62.1 Å². The van der Waals surface area contributed by atoms with Crippen molar-refractivity contribution >= 4 is 5.91 Å². The zero-order valence-corrected chi connectivity index (χ0v) is 15.5. The predicted molar refractivity (Wildman–Crippen MR) is 101 cm³/mol. The van der Waals surface area contributed by atoms with Crippen LogP contribution in [0.4, 0.5) is 0 Å². The Morgan fingerprint density at radius 2 is 1.67 bits per heavy atom. The van der Waals surface area contributed by atoms with Gasteiger partial charge in [-0.25, -0.2) is 4.98 Å². The predicted octanol–water partition coefficient (Wildman–Crippen LogP) is 1.32. The summed E-state index contributed by atoms with van der Waals surface area (Å²) in [6.45, 7) is 7.71. The first-order chi connectivity index (χ1) is 13.3. The fourth-order valence-electron chi connectivity index (χ4n) is 3.53. The van der Waals surface area contributed by atoms with Crippen molar-refractivity contribution in [2.75, 3.05) is 59.0 Å². The minimum atomic E-state index is 0.218. The van der Waals surface area contributed by atoms with Crippen molar-refractivity contribution in [2.45, 2.75) is 6.54 Å². The Kier molecular flexibility index (Phi) is 5.81. The summed E-state index contributed by atoms with van der Waals surface area (Å²) in [6.07, 6.45) is 1.75. The average Bonchev–Trinajstić information content (AvgIpc) is 3.19. The molecule has 0 bridgehead atoms. The summed E-state index contributed by atoms with van der Waals surface area (Å²) < 4.78 is 10.9. The van der Waals surface area contributed by atoms with E-state index in [9.17, 15) is 4.79 Å². The molecule has 2 aliphatic rings. The smallest absolute Gasteiger partial charge is 0.236 e. The fraction of sp³-hybridized carbons (Fsp3) is 0.500. The van der Waals surface area contributed by atoms with Crippen LogP contribution in [-0.2, 0) is 16.1 Å². The molecule has 2 aromatic rings. The standard InChI is InChI=1S/C20H26N4O3/c25-19(24-10-12-26-13-11-24)15-23-8-6-22(7-9-23)14-18-16-27-20(21-18)17-4-2-1-3-5-17/h1-5,16H,6-15H2. The van der Waals surface area contributed by atoms with E-state index in [0.717, 1.165) is 44.0 Å². The summed E-state index contributed by atoms with van der Waals surface area (Å²) in [4.78, 5) is 23.5. The number of ether oxygens (including phenoxy) is 1. The second-order valence-electron chi connectivity index (χ2n) is 7.06. The molecule has 2 fully saturated rings. The van der Waals surface area contributed by atoms with Gasteiger partial charge >= 0.3 is 0 Å². The SMILES string of the molecule is O=C(CN1CCN(Cc2coc(-c3ccccc3)n2)CC1)N1CCOCC1. The molecule has 0 radical (unpaired) electrons. The Bertz CT molecular complexity index is 735. The maximum absolute atomic E-state index is 12.4. The molecule has 0 N–H and O–H groups in total. The molecule has 1 aromatic heterocycles. The number of benzene rings is 1. The minimum absolute atomic E-state index is 0.218. The third-order valence-corrected chi connectivity index (χ3v) is 5.15. The minimum Gasteiger partial charge on any atom is -0.444 e. The van der Waals surface area contributed by atoms with Crippen LogP contribution in [0.15, 0.2) is 41.0 Å². The molecule has 7 nitrogen and oxygen atoms in total. The third kappa shape index (κ3) is 4.74. The molecule has 1 aromatic carbocycles. The summed E-state index contributed by atoms with van der Waals surface area (Å²) in [5.74, 6) is 0.885. The number of rotatable bonds is 5. The van der Waals surface area contributed by atoms with E-state index in [4.69, 9.17) is 9.15 Å². The molecular weight excluding hydrogens is 344 g/mol. The number of carbonyl (C=O) groups is 1. The first kappa shape index (κ1) is 18.2. The Morgan fingerprint density at radius 3 is 2.41 bits per heavy atom. The summed E-state index contributed by atoms with van der Waals surface area (Å²) >= 11 is 0. The lowest BCUT2D eigenvalue weighted by Crippen LogP contribution is -2.51. The van der Waals surface area contributed by atoms with Crippen molar-refractivity contribution in [3.63, 3.8) is 0 Å². The highest BCUT2D eigenvalue weighted by molar-refractivity contribution is 5.78. The first-order valence-corrected chi connectivity index (χ1v) is 9.58. The van der Waals surface area contributed by atoms with E-state index in [0.29, 0.717) is 38.7 Å². The van der Waals surface area contributed by atoms with Crippen LogP contribution in [-0.4, -0.2) is 84.6 Å². The van der Waals surface area contributed by atoms with Crippen LogP contribution in [0, 0.1) is 0 Å². The summed E-state index contributed by atoms with van der Waals surface area (Å²) in [7, 11) is 0. The van der Waals surface area contributed by atoms with Crippen LogP contribution >= 0.6 is 0 Å². The van der Waals surface area contributed by atoms with Gasteiger partial charge in [0.15, 0.2) is 0 Å². The van der Waals surface area contributed by atoms with Crippen molar-refractivity contribution in [2.24, 2.45) is 0 Å². The number of hydrogen-bond donors (Lipinski definition) is 0. The van der Waals surface area contributed by atoms with Crippen molar-refractivity contribution in [3.05, 3.63) is 42.3 Å². The monoisotopic (exact) mass is 370 g/mol. The lowest BCUT2D eigenvalue weighted by Gasteiger charge is -2.35. The zero-order chi connectivity index (χ0) is 18.5. The van der Waals surface area contributed by atoms with Crippen molar-refractivity contribution < 1.29 is 13.9 Å². The molecule has 144 valence electrons. The number of morpholine rings is 1. The fourth-order valence-corrected chi connectivity index (χ4v) is 3.53. The van der Waals surface area contributed by atoms with Crippen LogP contribution < -0.4 is 0 Å². The van der Waals surface area contributed by atoms with Crippen LogP contribution in [0.5, 0.6) is 0 Å². The van der Waals surface area contributed by atoms with E-state index in [1.807, 2.05) is 35.2 Å². The molecule has 7 heteroatoms. The Labute approximate surface area is 159 Å². The number of hydrogen-bond acceptors (Lipinski definition) is 6. The van der Waals surface area contributed by atoms with Gasteiger partial charge in [-0.1, -0.05) is 18.2 Å². The molecule has 2 aliphatic heterocycles. The molecule has 3 heterocycles. The van der Waals surface area contributed by atoms with Gasteiger partial charge in [0.25, 0.3) is 0 Å². The molecule has 0 aliphatic carbocycles. The molecule has 0 unspecified atom stereocenters. The van der Waals surface area contributed by atoms with Gasteiger partial charge in [-0.2, -0.15) is 0 Å². The lowest BCUT2D eigenvalue weighted by atomic mass is 10.2. The van der Waals surface area contributed by atoms with Gasteiger partial charge in [-0.15, -0.1) is 0 Å². The molecule has 0 spiro atoms. The van der Waals surface area contributed by atoms with Gasteiger partial charge in [-0.3, -0.25) is 14.6 Å². The Morgan fingerprint density at radius 1 is 0.963 bits per heavy atom. The largest absolute Gasteiger partial charge is 0.444 e. The second kappa shape index (κ2) is 8.65. The number of piperazine rings is 1. The molecule has 0 atom stereocenters. The van der Waals surface area contributed by atoms with Gasteiger partial charge < -0.3 is 14.1 Å². The van der Waals surface area contributed by atoms with Crippen LogP contribution in [0.3, 0.4) is 0 Å². The van der Waals surface area contributed by atoms with E-state index in [2.05, 4.69) is 14.8 Å². The summed E-state index contributed by atoms with van der Waals surface area (Å²) in [6, 6.07) is 9.95. The Hall–Kier alpha value is -2.22. The van der Waals surface area contributed by atoms with E-state index in [-0.39, 0.29) is 5.91 Å². The quantitative estimate of drug-likeness (QED) is 0.791. The number of carbonyl (C=O) groups excluding carboxylic acids is 1. The second-order valence-corrected chi connectivity index (χ2v) is 7.06. The maximum Gasteiger partial charge on any atom is 0.236 e. The zero-order valence-electron chi connectivity index (χ0n) is 15.5. The molecule has 1 amide bonds. The number of aromatic nitrogens is 1. The average molecular weight is 370 g/mol. The van der Waals surface area contributed by atoms with Gasteiger partial charge in [0.1, 0.15) is 6.26 Å². The van der Waals surface area contributed by atoms with E-state index in [1.54, 1.807) is 6.26 Å². The maximum atomic E-state index is 12.4. The number of oxazole rings is 1. The number of amides is 1. The van der Waals surface area contributed by atoms with Gasteiger partial charge in [-0.05, 0) is 12.1 Å². The molecule has 27 heavy (non-hydrogen) atoms. The van der Waals surface area contributed by atoms with E-state index in [1.165, 1.54) is 0 Å². The molecule has 2 saturated heterocycles.